The largest absolute Gasteiger partial charge is 0.454 e. The van der Waals surface area contributed by atoms with Crippen LogP contribution in [0.4, 0.5) is 0 Å². The van der Waals surface area contributed by atoms with Gasteiger partial charge in [-0.05, 0) is 83.2 Å². The predicted molar refractivity (Wildman–Crippen MR) is 172 cm³/mol. The molecular formula is C39H44NO+. The molecule has 0 amide bonds. The molecule has 0 N–H and O–H groups in total. The minimum absolute atomic E-state index is 0.00887. The second kappa shape index (κ2) is 9.58. The van der Waals surface area contributed by atoms with Gasteiger partial charge >= 0.3 is 0 Å². The molecule has 0 radical (unpaired) electrons. The molecule has 2 aromatic heterocycles. The van der Waals surface area contributed by atoms with Crippen molar-refractivity contribution < 1.29 is 10.4 Å². The van der Waals surface area contributed by atoms with E-state index in [0.717, 1.165) is 71.7 Å². The van der Waals surface area contributed by atoms with Gasteiger partial charge < -0.3 is 4.42 Å². The zero-order valence-electron chi connectivity index (χ0n) is 26.7. The van der Waals surface area contributed by atoms with Gasteiger partial charge in [0, 0.05) is 29.8 Å². The zero-order chi connectivity index (χ0) is 29.4. The van der Waals surface area contributed by atoms with Crippen LogP contribution in [0.1, 0.15) is 102 Å². The van der Waals surface area contributed by atoms with E-state index in [-0.39, 0.29) is 10.8 Å². The number of fused-ring (bicyclic) bond motifs is 4. The third-order valence-electron chi connectivity index (χ3n) is 10.2. The smallest absolute Gasteiger partial charge is 0.216 e. The van der Waals surface area contributed by atoms with Crippen molar-refractivity contribution >= 4 is 21.9 Å². The fourth-order valence-corrected chi connectivity index (χ4v) is 7.92. The van der Waals surface area contributed by atoms with Crippen LogP contribution < -0.4 is 4.57 Å². The van der Waals surface area contributed by atoms with Gasteiger partial charge in [-0.2, -0.15) is 0 Å². The Hall–Kier alpha value is -3.39. The lowest BCUT2D eigenvalue weighted by Gasteiger charge is -2.45. The Morgan fingerprint density at radius 1 is 0.756 bits per heavy atom. The predicted octanol–water partition coefficient (Wildman–Crippen LogP) is 10.4. The maximum atomic E-state index is 9.71. The molecule has 0 bridgehead atoms. The van der Waals surface area contributed by atoms with Crippen LogP contribution in [0.15, 0.2) is 71.3 Å². The highest BCUT2D eigenvalue weighted by Gasteiger charge is 2.42. The molecule has 0 aliphatic heterocycles. The standard InChI is InChI=1S/C39H44NO/c1-25-18-19-31-30-16-12-15-29(36(30)41-37(31)33(25)32-17-10-11-24-40(32)6)28-21-20-27(26-13-8-7-9-14-26)34-35(28)39(4,5)23-22-38(34,2)3/h10-12,15-21,24,26H,7-9,13-14,22-23H2,1-6H3/q+1/i26D. The molecule has 0 saturated heterocycles. The van der Waals surface area contributed by atoms with E-state index in [0.29, 0.717) is 0 Å². The second-order valence-electron chi connectivity index (χ2n) is 14.0. The highest BCUT2D eigenvalue weighted by molar-refractivity contribution is 6.13. The summed E-state index contributed by atoms with van der Waals surface area (Å²) >= 11 is 0. The second-order valence-corrected chi connectivity index (χ2v) is 14.0. The van der Waals surface area contributed by atoms with E-state index in [9.17, 15) is 1.37 Å². The molecule has 0 atom stereocenters. The number of benzene rings is 3. The Labute approximate surface area is 246 Å². The van der Waals surface area contributed by atoms with E-state index >= 15 is 0 Å². The van der Waals surface area contributed by atoms with E-state index in [1.54, 1.807) is 0 Å². The lowest BCUT2D eigenvalue weighted by atomic mass is 9.59. The van der Waals surface area contributed by atoms with Crippen LogP contribution in [0.25, 0.3) is 44.3 Å². The number of aryl methyl sites for hydroxylation is 2. The highest BCUT2D eigenvalue weighted by atomic mass is 16.3. The molecular weight excluding hydrogens is 498 g/mol. The Balaban J connectivity index is 1.54. The van der Waals surface area contributed by atoms with Crippen LogP contribution in [-0.2, 0) is 17.9 Å². The fourth-order valence-electron chi connectivity index (χ4n) is 7.92. The molecule has 1 fully saturated rings. The summed E-state index contributed by atoms with van der Waals surface area (Å²) in [7, 11) is 2.10. The third-order valence-corrected chi connectivity index (χ3v) is 10.2. The van der Waals surface area contributed by atoms with Crippen LogP contribution in [0.5, 0.6) is 0 Å². The number of pyridine rings is 1. The summed E-state index contributed by atoms with van der Waals surface area (Å²) in [5.41, 5.74) is 12.1. The van der Waals surface area contributed by atoms with Gasteiger partial charge in [0.15, 0.2) is 6.20 Å². The van der Waals surface area contributed by atoms with Gasteiger partial charge in [-0.15, -0.1) is 0 Å². The normalized spacial score (nSPS) is 19.7. The summed E-state index contributed by atoms with van der Waals surface area (Å²) < 4.78 is 18.9. The molecule has 1 saturated carbocycles. The molecule has 210 valence electrons. The Morgan fingerprint density at radius 3 is 2.24 bits per heavy atom. The van der Waals surface area contributed by atoms with E-state index < -0.39 is 5.89 Å². The van der Waals surface area contributed by atoms with Crippen molar-refractivity contribution in [3.05, 3.63) is 89.1 Å². The van der Waals surface area contributed by atoms with Gasteiger partial charge in [0.2, 0.25) is 5.69 Å². The van der Waals surface area contributed by atoms with Crippen molar-refractivity contribution in [1.29, 1.82) is 0 Å². The topological polar surface area (TPSA) is 17.0 Å². The average Bonchev–Trinajstić information content (AvgIpc) is 3.35. The summed E-state index contributed by atoms with van der Waals surface area (Å²) in [6, 6.07) is 22.1. The minimum Gasteiger partial charge on any atom is -0.454 e. The van der Waals surface area contributed by atoms with Gasteiger partial charge in [-0.25, -0.2) is 4.57 Å². The molecule has 0 spiro atoms. The zero-order valence-corrected chi connectivity index (χ0v) is 25.7. The van der Waals surface area contributed by atoms with Crippen LogP contribution in [0.3, 0.4) is 0 Å². The molecule has 2 heterocycles. The average molecular weight is 544 g/mol. The minimum atomic E-state index is -0.492. The quantitative estimate of drug-likeness (QED) is 0.207. The number of rotatable bonds is 3. The number of para-hydroxylation sites is 1. The Bertz CT molecular complexity index is 1850. The van der Waals surface area contributed by atoms with Gasteiger partial charge in [0.05, 0.1) is 5.56 Å². The van der Waals surface area contributed by atoms with E-state index in [2.05, 4.69) is 113 Å². The number of aromatic nitrogens is 1. The first-order valence-electron chi connectivity index (χ1n) is 16.1. The van der Waals surface area contributed by atoms with E-state index in [1.165, 1.54) is 39.8 Å². The highest BCUT2D eigenvalue weighted by Crippen LogP contribution is 2.54. The van der Waals surface area contributed by atoms with Gasteiger partial charge in [0.1, 0.15) is 18.2 Å². The lowest BCUT2D eigenvalue weighted by Crippen LogP contribution is -2.36. The molecule has 2 nitrogen and oxygen atoms in total. The molecule has 0 unspecified atom stereocenters. The number of hydrogen-bond acceptors (Lipinski definition) is 1. The summed E-state index contributed by atoms with van der Waals surface area (Å²) in [5.74, 6) is -0.492. The van der Waals surface area contributed by atoms with Crippen molar-refractivity contribution in [3.63, 3.8) is 0 Å². The van der Waals surface area contributed by atoms with Crippen LogP contribution in [0.2, 0.25) is 0 Å². The van der Waals surface area contributed by atoms with Crippen molar-refractivity contribution in [2.24, 2.45) is 7.05 Å². The van der Waals surface area contributed by atoms with E-state index in [1.807, 2.05) is 0 Å². The molecule has 2 heteroatoms. The third kappa shape index (κ3) is 4.17. The SMILES string of the molecule is [2H]C1(c2ccc(-c3cccc4c3oc3c(-c5cccc[n+]5C)c(C)ccc34)c3c2C(C)(C)CCC3(C)C)CCCCC1. The first-order chi connectivity index (χ1) is 20.0. The number of hydrogen-bond donors (Lipinski definition) is 0. The fraction of sp³-hybridized carbons (Fsp3) is 0.410. The van der Waals surface area contributed by atoms with Crippen LogP contribution in [0, 0.1) is 6.92 Å². The lowest BCUT2D eigenvalue weighted by molar-refractivity contribution is -0.660. The number of furan rings is 1. The molecule has 2 aliphatic rings. The number of nitrogens with zero attached hydrogens (tertiary/aromatic N) is 1. The Kier molecular flexibility index (Phi) is 5.92. The molecule has 3 aromatic carbocycles. The summed E-state index contributed by atoms with van der Waals surface area (Å²) in [6.07, 6.45) is 9.88. The van der Waals surface area contributed by atoms with Crippen molar-refractivity contribution in [2.45, 2.75) is 96.3 Å². The molecule has 7 rings (SSSR count). The van der Waals surface area contributed by atoms with Gasteiger partial charge in [0.25, 0.3) is 0 Å². The van der Waals surface area contributed by atoms with Crippen molar-refractivity contribution in [3.8, 4) is 22.4 Å². The molecule has 41 heavy (non-hydrogen) atoms. The first kappa shape index (κ1) is 25.3. The maximum absolute atomic E-state index is 9.71. The summed E-state index contributed by atoms with van der Waals surface area (Å²) in [6.45, 7) is 11.8. The van der Waals surface area contributed by atoms with Crippen molar-refractivity contribution in [2.75, 3.05) is 0 Å². The molecule has 5 aromatic rings. The Morgan fingerprint density at radius 2 is 1.49 bits per heavy atom. The summed E-state index contributed by atoms with van der Waals surface area (Å²) in [4.78, 5) is 0. The van der Waals surface area contributed by atoms with Crippen LogP contribution >= 0.6 is 0 Å². The first-order valence-corrected chi connectivity index (χ1v) is 15.6. The molecule has 2 aliphatic carbocycles. The summed E-state index contributed by atoms with van der Waals surface area (Å²) in [5, 5.41) is 2.32. The monoisotopic (exact) mass is 543 g/mol. The van der Waals surface area contributed by atoms with Crippen LogP contribution in [-0.4, -0.2) is 0 Å². The van der Waals surface area contributed by atoms with Gasteiger partial charge in [-0.1, -0.05) is 89.4 Å². The van der Waals surface area contributed by atoms with Gasteiger partial charge in [-0.3, -0.25) is 0 Å². The van der Waals surface area contributed by atoms with Crippen molar-refractivity contribution in [1.82, 2.24) is 0 Å². The maximum Gasteiger partial charge on any atom is 0.216 e. The van der Waals surface area contributed by atoms with E-state index in [4.69, 9.17) is 4.42 Å².